The molecule has 0 aliphatic heterocycles. The number of hydrogen-bond acceptors (Lipinski definition) is 5. The van der Waals surface area contributed by atoms with Crippen molar-refractivity contribution < 1.29 is 28.0 Å². The summed E-state index contributed by atoms with van der Waals surface area (Å²) in [7, 11) is 0. The number of ether oxygens (including phenoxy) is 2. The van der Waals surface area contributed by atoms with Crippen LogP contribution in [0.15, 0.2) is 24.3 Å². The summed E-state index contributed by atoms with van der Waals surface area (Å²) in [5.74, 6) is -3.35. The largest absolute Gasteiger partial charge is 0.486 e. The van der Waals surface area contributed by atoms with Crippen molar-refractivity contribution >= 4 is 11.7 Å². The lowest BCUT2D eigenvalue weighted by Gasteiger charge is -2.05. The second-order valence-electron chi connectivity index (χ2n) is 3.46. The fourth-order valence-electron chi connectivity index (χ4n) is 1.24. The maximum atomic E-state index is 13.4. The summed E-state index contributed by atoms with van der Waals surface area (Å²) in [6.07, 6.45) is 2.32. The lowest BCUT2D eigenvalue weighted by Crippen LogP contribution is -2.02. The van der Waals surface area contributed by atoms with Gasteiger partial charge in [-0.3, -0.25) is 10.1 Å². The normalized spacial score (nSPS) is 10.6. The van der Waals surface area contributed by atoms with Crippen molar-refractivity contribution in [3.05, 3.63) is 46.0 Å². The summed E-state index contributed by atoms with van der Waals surface area (Å²) in [6.45, 7) is 1.64. The fourth-order valence-corrected chi connectivity index (χ4v) is 1.24. The van der Waals surface area contributed by atoms with Gasteiger partial charge in [0.05, 0.1) is 17.6 Å². The number of nitrogens with zero attached hydrogens (tertiary/aromatic N) is 1. The van der Waals surface area contributed by atoms with Gasteiger partial charge in [-0.05, 0) is 13.0 Å². The molecule has 0 heterocycles. The summed E-state index contributed by atoms with van der Waals surface area (Å²) >= 11 is 0. The van der Waals surface area contributed by atoms with Gasteiger partial charge in [-0.15, -0.1) is 0 Å². The van der Waals surface area contributed by atoms with E-state index in [1.54, 1.807) is 6.92 Å². The molecule has 1 aromatic carbocycles. The van der Waals surface area contributed by atoms with Crippen LogP contribution in [0.1, 0.15) is 6.92 Å². The second kappa shape index (κ2) is 7.17. The zero-order chi connectivity index (χ0) is 15.1. The standard InChI is InChI=1S/C12H11F2NO5/c1-2-19-12(16)4-3-5-20-11-7-8(13)10(15(17)18)6-9(11)14/h3-4,6-7H,2,5H2,1H3/b4-3+. The summed E-state index contributed by atoms with van der Waals surface area (Å²) < 4.78 is 36.1. The van der Waals surface area contributed by atoms with Gasteiger partial charge >= 0.3 is 11.7 Å². The van der Waals surface area contributed by atoms with E-state index in [0.29, 0.717) is 12.1 Å². The molecule has 0 amide bonds. The number of nitro groups is 1. The Morgan fingerprint density at radius 3 is 2.70 bits per heavy atom. The van der Waals surface area contributed by atoms with Crippen LogP contribution in [-0.2, 0) is 9.53 Å². The molecule has 0 saturated carbocycles. The third-order valence-corrected chi connectivity index (χ3v) is 2.07. The lowest BCUT2D eigenvalue weighted by atomic mass is 10.3. The number of hydrogen-bond donors (Lipinski definition) is 0. The average Bonchev–Trinajstić information content (AvgIpc) is 2.38. The minimum absolute atomic E-state index is 0.215. The lowest BCUT2D eigenvalue weighted by molar-refractivity contribution is -0.387. The molecule has 1 aromatic rings. The van der Waals surface area contributed by atoms with Crippen LogP contribution in [0.5, 0.6) is 5.75 Å². The van der Waals surface area contributed by atoms with E-state index < -0.39 is 34.0 Å². The first kappa shape index (κ1) is 15.5. The Morgan fingerprint density at radius 2 is 2.10 bits per heavy atom. The van der Waals surface area contributed by atoms with Crippen molar-refractivity contribution in [3.63, 3.8) is 0 Å². The van der Waals surface area contributed by atoms with Gasteiger partial charge in [0.1, 0.15) is 6.61 Å². The van der Waals surface area contributed by atoms with Crippen LogP contribution in [-0.4, -0.2) is 24.1 Å². The summed E-state index contributed by atoms with van der Waals surface area (Å²) in [6, 6.07) is 1.01. The maximum Gasteiger partial charge on any atom is 0.330 e. The Labute approximate surface area is 112 Å². The van der Waals surface area contributed by atoms with E-state index in [1.807, 2.05) is 0 Å². The van der Waals surface area contributed by atoms with Crippen LogP contribution in [0.25, 0.3) is 0 Å². The molecule has 108 valence electrons. The topological polar surface area (TPSA) is 78.7 Å². The van der Waals surface area contributed by atoms with Crippen molar-refractivity contribution in [1.82, 2.24) is 0 Å². The quantitative estimate of drug-likeness (QED) is 0.347. The zero-order valence-corrected chi connectivity index (χ0v) is 10.5. The van der Waals surface area contributed by atoms with Crippen LogP contribution < -0.4 is 4.74 Å². The fraction of sp³-hybridized carbons (Fsp3) is 0.250. The molecule has 0 radical (unpaired) electrons. The molecule has 0 atom stereocenters. The first-order chi connectivity index (χ1) is 9.45. The Kier molecular flexibility index (Phi) is 5.57. The molecule has 0 unspecified atom stereocenters. The molecule has 0 bridgehead atoms. The number of rotatable bonds is 6. The number of benzene rings is 1. The first-order valence-corrected chi connectivity index (χ1v) is 5.55. The second-order valence-corrected chi connectivity index (χ2v) is 3.46. The van der Waals surface area contributed by atoms with Gasteiger partial charge in [-0.2, -0.15) is 4.39 Å². The van der Waals surface area contributed by atoms with E-state index in [0.717, 1.165) is 6.08 Å². The Hall–Kier alpha value is -2.51. The van der Waals surface area contributed by atoms with Gasteiger partial charge < -0.3 is 9.47 Å². The number of carbonyl (C=O) groups is 1. The molecule has 0 aliphatic rings. The van der Waals surface area contributed by atoms with Gasteiger partial charge in [0.15, 0.2) is 11.6 Å². The predicted octanol–water partition coefficient (Wildman–Crippen LogP) is 2.37. The highest BCUT2D eigenvalue weighted by atomic mass is 19.1. The van der Waals surface area contributed by atoms with Gasteiger partial charge in [-0.1, -0.05) is 0 Å². The molecule has 1 rings (SSSR count). The van der Waals surface area contributed by atoms with E-state index >= 15 is 0 Å². The number of nitro benzene ring substituents is 1. The number of carbonyl (C=O) groups excluding carboxylic acids is 1. The van der Waals surface area contributed by atoms with Gasteiger partial charge in [0, 0.05) is 12.1 Å². The molecule has 8 heteroatoms. The zero-order valence-electron chi connectivity index (χ0n) is 10.5. The molecular formula is C12H11F2NO5. The minimum atomic E-state index is -1.21. The van der Waals surface area contributed by atoms with E-state index in [1.165, 1.54) is 6.08 Å². The van der Waals surface area contributed by atoms with Gasteiger partial charge in [0.25, 0.3) is 0 Å². The average molecular weight is 287 g/mol. The molecule has 0 N–H and O–H groups in total. The molecule has 0 saturated heterocycles. The molecule has 0 spiro atoms. The number of esters is 1. The van der Waals surface area contributed by atoms with E-state index in [4.69, 9.17) is 4.74 Å². The van der Waals surface area contributed by atoms with Crippen LogP contribution >= 0.6 is 0 Å². The van der Waals surface area contributed by atoms with Crippen LogP contribution in [0.2, 0.25) is 0 Å². The van der Waals surface area contributed by atoms with Crippen molar-refractivity contribution in [2.24, 2.45) is 0 Å². The van der Waals surface area contributed by atoms with E-state index in [-0.39, 0.29) is 13.2 Å². The Bertz CT molecular complexity index is 545. The first-order valence-electron chi connectivity index (χ1n) is 5.55. The molecule has 0 aliphatic carbocycles. The highest BCUT2D eigenvalue weighted by Gasteiger charge is 2.19. The maximum absolute atomic E-state index is 13.4. The van der Waals surface area contributed by atoms with E-state index in [9.17, 15) is 23.7 Å². The third-order valence-electron chi connectivity index (χ3n) is 2.07. The van der Waals surface area contributed by atoms with Crippen LogP contribution in [0.4, 0.5) is 14.5 Å². The van der Waals surface area contributed by atoms with Crippen LogP contribution in [0.3, 0.4) is 0 Å². The van der Waals surface area contributed by atoms with Crippen molar-refractivity contribution in [2.45, 2.75) is 6.92 Å². The molecule has 0 aromatic heterocycles. The number of halogens is 2. The monoisotopic (exact) mass is 287 g/mol. The van der Waals surface area contributed by atoms with Crippen LogP contribution in [0, 0.1) is 21.7 Å². The molecule has 0 fully saturated rings. The molecule has 6 nitrogen and oxygen atoms in total. The molecular weight excluding hydrogens is 276 g/mol. The third kappa shape index (κ3) is 4.30. The Balaban J connectivity index is 2.68. The summed E-state index contributed by atoms with van der Waals surface area (Å²) in [5.41, 5.74) is -0.975. The van der Waals surface area contributed by atoms with E-state index in [2.05, 4.69) is 4.74 Å². The van der Waals surface area contributed by atoms with Crippen molar-refractivity contribution in [3.8, 4) is 5.75 Å². The highest BCUT2D eigenvalue weighted by Crippen LogP contribution is 2.26. The minimum Gasteiger partial charge on any atom is -0.486 e. The highest BCUT2D eigenvalue weighted by molar-refractivity contribution is 5.81. The Morgan fingerprint density at radius 1 is 1.40 bits per heavy atom. The van der Waals surface area contributed by atoms with Crippen molar-refractivity contribution in [2.75, 3.05) is 13.2 Å². The summed E-state index contributed by atoms with van der Waals surface area (Å²) in [4.78, 5) is 20.3. The summed E-state index contributed by atoms with van der Waals surface area (Å²) in [5, 5.41) is 10.4. The van der Waals surface area contributed by atoms with Crippen molar-refractivity contribution in [1.29, 1.82) is 0 Å². The predicted molar refractivity (Wildman–Crippen MR) is 64.3 cm³/mol. The van der Waals surface area contributed by atoms with Gasteiger partial charge in [-0.25, -0.2) is 9.18 Å². The van der Waals surface area contributed by atoms with Gasteiger partial charge in [0.2, 0.25) is 5.82 Å². The molecule has 20 heavy (non-hydrogen) atoms. The SMILES string of the molecule is CCOC(=O)/C=C/COc1cc(F)c([N+](=O)[O-])cc1F. The smallest absolute Gasteiger partial charge is 0.330 e.